The number of carbonyl (C=O) groups is 1. The fraction of sp³-hybridized carbons (Fsp3) is 0.421. The summed E-state index contributed by atoms with van der Waals surface area (Å²) >= 11 is 0. The number of ether oxygens (including phenoxy) is 1. The Labute approximate surface area is 155 Å². The van der Waals surface area contributed by atoms with Crippen LogP contribution in [0.25, 0.3) is 11.0 Å². The van der Waals surface area contributed by atoms with Crippen LogP contribution in [0, 0.1) is 5.92 Å². The van der Waals surface area contributed by atoms with Crippen molar-refractivity contribution in [3.8, 4) is 0 Å². The number of hydrogen-bond donors (Lipinski definition) is 2. The molecule has 0 amide bonds. The molecule has 2 aromatic rings. The van der Waals surface area contributed by atoms with E-state index in [1.807, 2.05) is 0 Å². The summed E-state index contributed by atoms with van der Waals surface area (Å²) in [4.78, 5) is 20.2. The van der Waals surface area contributed by atoms with Crippen LogP contribution in [0.15, 0.2) is 36.4 Å². The molecule has 8 heteroatoms. The lowest BCUT2D eigenvalue weighted by Gasteiger charge is -2.18. The molecule has 2 N–H and O–H groups in total. The molecular weight excluding hydrogens is 356 g/mol. The zero-order chi connectivity index (χ0) is 19.4. The number of para-hydroxylation sites is 2. The maximum atomic E-state index is 14.7. The van der Waals surface area contributed by atoms with E-state index >= 15 is 0 Å². The van der Waals surface area contributed by atoms with Gasteiger partial charge in [-0.1, -0.05) is 18.2 Å². The summed E-state index contributed by atoms with van der Waals surface area (Å²) in [5.41, 5.74) is 0.685. The Morgan fingerprint density at radius 3 is 2.74 bits per heavy atom. The number of esters is 1. The van der Waals surface area contributed by atoms with Crippen molar-refractivity contribution in [3.63, 3.8) is 0 Å². The van der Waals surface area contributed by atoms with E-state index in [1.54, 1.807) is 24.3 Å². The number of aliphatic hydroxyl groups excluding tert-OH is 1. The van der Waals surface area contributed by atoms with Gasteiger partial charge < -0.3 is 15.2 Å². The number of aliphatic hydroxyl groups is 1. The number of halogens is 2. The molecule has 1 aromatic heterocycles. The molecule has 0 radical (unpaired) electrons. The van der Waals surface area contributed by atoms with Crippen molar-refractivity contribution in [1.82, 2.24) is 15.3 Å². The van der Waals surface area contributed by atoms with Crippen molar-refractivity contribution in [1.29, 1.82) is 0 Å². The fourth-order valence-electron chi connectivity index (χ4n) is 3.29. The lowest BCUT2D eigenvalue weighted by molar-refractivity contribution is -0.142. The molecule has 0 aliphatic carbocycles. The molecule has 1 aliphatic rings. The number of hydrogen-bond acceptors (Lipinski definition) is 6. The number of methoxy groups -OCH3 is 1. The van der Waals surface area contributed by atoms with Gasteiger partial charge in [0.1, 0.15) is 11.7 Å². The third-order valence-corrected chi connectivity index (χ3v) is 4.58. The van der Waals surface area contributed by atoms with Gasteiger partial charge >= 0.3 is 11.9 Å². The first-order valence-electron chi connectivity index (χ1n) is 8.68. The number of rotatable bonds is 6. The summed E-state index contributed by atoms with van der Waals surface area (Å²) in [6.07, 6.45) is 2.37. The van der Waals surface area contributed by atoms with Crippen LogP contribution in [-0.2, 0) is 21.9 Å². The van der Waals surface area contributed by atoms with Crippen LogP contribution < -0.4 is 5.32 Å². The van der Waals surface area contributed by atoms with Crippen molar-refractivity contribution in [2.75, 3.05) is 20.3 Å². The topological polar surface area (TPSA) is 84.3 Å². The molecule has 2 atom stereocenters. The van der Waals surface area contributed by atoms with Gasteiger partial charge in [-0.05, 0) is 43.5 Å². The number of fused-ring (bicyclic) bond motifs is 1. The Morgan fingerprint density at radius 2 is 2.07 bits per heavy atom. The molecule has 6 nitrogen and oxygen atoms in total. The lowest BCUT2D eigenvalue weighted by atomic mass is 9.97. The molecule has 2 heterocycles. The maximum absolute atomic E-state index is 14.7. The molecule has 144 valence electrons. The number of carbonyl (C=O) groups excluding carboxylic acids is 1. The van der Waals surface area contributed by atoms with Crippen molar-refractivity contribution in [2.45, 2.75) is 24.8 Å². The highest BCUT2D eigenvalue weighted by atomic mass is 19.3. The highest BCUT2D eigenvalue weighted by molar-refractivity contribution is 5.76. The number of nitrogens with zero attached hydrogens (tertiary/aromatic N) is 2. The van der Waals surface area contributed by atoms with E-state index in [9.17, 15) is 13.6 Å². The Morgan fingerprint density at radius 1 is 1.37 bits per heavy atom. The Bertz CT molecular complexity index is 857. The quantitative estimate of drug-likeness (QED) is 0.591. The second kappa shape index (κ2) is 8.06. The van der Waals surface area contributed by atoms with Crippen LogP contribution in [0.1, 0.15) is 17.8 Å². The van der Waals surface area contributed by atoms with Crippen LogP contribution in [0.5, 0.6) is 0 Å². The van der Waals surface area contributed by atoms with Crippen molar-refractivity contribution < 1.29 is 23.4 Å². The minimum Gasteiger partial charge on any atom is -0.468 e. The minimum absolute atomic E-state index is 0.0408. The van der Waals surface area contributed by atoms with E-state index in [4.69, 9.17) is 9.84 Å². The number of nitrogens with one attached hydrogen (secondary N) is 1. The normalized spacial score (nSPS) is 20.4. The number of allylic oxidation sites excluding steroid dienone is 1. The van der Waals surface area contributed by atoms with Gasteiger partial charge in [0.2, 0.25) is 0 Å². The van der Waals surface area contributed by atoms with Crippen molar-refractivity contribution in [3.05, 3.63) is 47.8 Å². The van der Waals surface area contributed by atoms with Gasteiger partial charge in [-0.2, -0.15) is 8.78 Å². The summed E-state index contributed by atoms with van der Waals surface area (Å²) in [6, 6.07) is 6.40. The molecule has 0 spiro atoms. The van der Waals surface area contributed by atoms with E-state index in [0.29, 0.717) is 30.1 Å². The average molecular weight is 377 g/mol. The Kier molecular flexibility index (Phi) is 5.76. The minimum atomic E-state index is -3.36. The fourth-order valence-corrected chi connectivity index (χ4v) is 3.29. The lowest BCUT2D eigenvalue weighted by Crippen LogP contribution is -2.31. The third kappa shape index (κ3) is 4.28. The molecule has 0 saturated carbocycles. The van der Waals surface area contributed by atoms with Gasteiger partial charge in [0, 0.05) is 0 Å². The zero-order valence-corrected chi connectivity index (χ0v) is 14.9. The smallest absolute Gasteiger partial charge is 0.322 e. The second-order valence-electron chi connectivity index (χ2n) is 6.51. The van der Waals surface area contributed by atoms with E-state index in [2.05, 4.69) is 15.3 Å². The first-order valence-corrected chi connectivity index (χ1v) is 8.68. The summed E-state index contributed by atoms with van der Waals surface area (Å²) in [5, 5.41) is 11.9. The van der Waals surface area contributed by atoms with Gasteiger partial charge in [-0.15, -0.1) is 0 Å². The van der Waals surface area contributed by atoms with E-state index in [0.717, 1.165) is 6.08 Å². The SMILES string of the molecule is COC(=O)[C@@H]1C[C@@H](Cc2nc3ccccc3nc2C(F)(F)/C=C/CO)CN1. The first kappa shape index (κ1) is 19.3. The predicted octanol–water partition coefficient (Wildman–Crippen LogP) is 1.96. The summed E-state index contributed by atoms with van der Waals surface area (Å²) in [6.45, 7) is 0.0189. The summed E-state index contributed by atoms with van der Waals surface area (Å²) in [5.74, 6) is -3.76. The van der Waals surface area contributed by atoms with Gasteiger partial charge in [-0.25, -0.2) is 9.97 Å². The van der Waals surface area contributed by atoms with Gasteiger partial charge in [0.15, 0.2) is 0 Å². The van der Waals surface area contributed by atoms with E-state index < -0.39 is 24.3 Å². The van der Waals surface area contributed by atoms with Crippen molar-refractivity contribution in [2.24, 2.45) is 5.92 Å². The molecular formula is C19H21F2N3O3. The van der Waals surface area contributed by atoms with Gasteiger partial charge in [0.05, 0.1) is 30.4 Å². The average Bonchev–Trinajstić information content (AvgIpc) is 3.13. The standard InChI is InChI=1S/C19H21F2N3O3/c1-27-18(26)16-10-12(11-22-16)9-15-17(19(20,21)7-4-8-25)24-14-6-3-2-5-13(14)23-15/h2-7,12,16,22,25H,8-11H2,1H3/b7-4+/t12-,16+/m1/s1. The number of alkyl halides is 2. The molecule has 0 unspecified atom stereocenters. The molecule has 0 bridgehead atoms. The number of benzene rings is 1. The highest BCUT2D eigenvalue weighted by Gasteiger charge is 2.36. The van der Waals surface area contributed by atoms with Crippen molar-refractivity contribution >= 4 is 17.0 Å². The van der Waals surface area contributed by atoms with Crippen LogP contribution in [0.4, 0.5) is 8.78 Å². The maximum Gasteiger partial charge on any atom is 0.322 e. The largest absolute Gasteiger partial charge is 0.468 e. The second-order valence-corrected chi connectivity index (χ2v) is 6.51. The monoisotopic (exact) mass is 377 g/mol. The van der Waals surface area contributed by atoms with Crippen LogP contribution in [0.2, 0.25) is 0 Å². The zero-order valence-electron chi connectivity index (χ0n) is 14.9. The Balaban J connectivity index is 1.94. The summed E-state index contributed by atoms with van der Waals surface area (Å²) < 4.78 is 34.1. The molecule has 1 aromatic carbocycles. The first-order chi connectivity index (χ1) is 12.9. The van der Waals surface area contributed by atoms with E-state index in [1.165, 1.54) is 7.11 Å². The summed E-state index contributed by atoms with van der Waals surface area (Å²) in [7, 11) is 1.32. The Hall–Kier alpha value is -2.45. The molecule has 1 fully saturated rings. The predicted molar refractivity (Wildman–Crippen MR) is 95.3 cm³/mol. The molecule has 27 heavy (non-hydrogen) atoms. The molecule has 1 saturated heterocycles. The van der Waals surface area contributed by atoms with Crippen LogP contribution in [-0.4, -0.2) is 47.3 Å². The van der Waals surface area contributed by atoms with Crippen LogP contribution in [0.3, 0.4) is 0 Å². The molecule has 1 aliphatic heterocycles. The van der Waals surface area contributed by atoms with E-state index in [-0.39, 0.29) is 24.0 Å². The number of aromatic nitrogens is 2. The van der Waals surface area contributed by atoms with Gasteiger partial charge in [-0.3, -0.25) is 4.79 Å². The molecule has 3 rings (SSSR count). The van der Waals surface area contributed by atoms with Gasteiger partial charge in [0.25, 0.3) is 0 Å². The van der Waals surface area contributed by atoms with Crippen LogP contribution >= 0.6 is 0 Å². The third-order valence-electron chi connectivity index (χ3n) is 4.58. The highest BCUT2D eigenvalue weighted by Crippen LogP contribution is 2.33.